The molecule has 1 aliphatic rings. The first-order chi connectivity index (χ1) is 16.2. The lowest BCUT2D eigenvalue weighted by Crippen LogP contribution is -2.32. The molecule has 6 heteroatoms. The quantitative estimate of drug-likeness (QED) is 0.237. The van der Waals surface area contributed by atoms with Crippen molar-refractivity contribution in [2.24, 2.45) is 0 Å². The zero-order chi connectivity index (χ0) is 24.9. The zero-order valence-corrected chi connectivity index (χ0v) is 20.8. The van der Waals surface area contributed by atoms with Crippen molar-refractivity contribution in [2.45, 2.75) is 52.0 Å². The maximum Gasteiger partial charge on any atom is 0.295 e. The van der Waals surface area contributed by atoms with Crippen LogP contribution in [-0.4, -0.2) is 48.6 Å². The van der Waals surface area contributed by atoms with Gasteiger partial charge in [0, 0.05) is 19.2 Å². The number of hydrogen-bond donors (Lipinski definition) is 1. The third kappa shape index (κ3) is 5.50. The number of methoxy groups -OCH3 is 1. The molecule has 0 aromatic heterocycles. The molecule has 0 spiro atoms. The van der Waals surface area contributed by atoms with Gasteiger partial charge in [0.15, 0.2) is 0 Å². The summed E-state index contributed by atoms with van der Waals surface area (Å²) in [5.41, 5.74) is 2.39. The van der Waals surface area contributed by atoms with Crippen LogP contribution in [0.1, 0.15) is 63.3 Å². The third-order valence-corrected chi connectivity index (χ3v) is 6.04. The number of hydrogen-bond acceptors (Lipinski definition) is 5. The van der Waals surface area contributed by atoms with Gasteiger partial charge in [-0.15, -0.1) is 0 Å². The van der Waals surface area contributed by atoms with E-state index < -0.39 is 17.7 Å². The lowest BCUT2D eigenvalue weighted by Gasteiger charge is -2.26. The molecule has 0 radical (unpaired) electrons. The molecule has 3 rings (SSSR count). The molecule has 182 valence electrons. The molecule has 2 aromatic carbocycles. The Morgan fingerprint density at radius 1 is 1.06 bits per heavy atom. The number of rotatable bonds is 9. The maximum atomic E-state index is 13.1. The van der Waals surface area contributed by atoms with Crippen LogP contribution in [0.25, 0.3) is 5.76 Å². The minimum Gasteiger partial charge on any atom is -0.507 e. The molecule has 0 bridgehead atoms. The van der Waals surface area contributed by atoms with Gasteiger partial charge in [0.2, 0.25) is 0 Å². The van der Waals surface area contributed by atoms with Crippen LogP contribution in [0.5, 0.6) is 5.75 Å². The molecule has 0 aliphatic carbocycles. The van der Waals surface area contributed by atoms with Gasteiger partial charge in [0.1, 0.15) is 11.5 Å². The highest BCUT2D eigenvalue weighted by molar-refractivity contribution is 6.46. The largest absolute Gasteiger partial charge is 0.507 e. The Labute approximate surface area is 202 Å². The summed E-state index contributed by atoms with van der Waals surface area (Å²) in [5, 5.41) is 11.3. The zero-order valence-electron chi connectivity index (χ0n) is 20.8. The van der Waals surface area contributed by atoms with Crippen LogP contribution in [0.3, 0.4) is 0 Å². The summed E-state index contributed by atoms with van der Waals surface area (Å²) in [6.07, 6.45) is 1.93. The van der Waals surface area contributed by atoms with Crippen molar-refractivity contribution in [2.75, 3.05) is 26.9 Å². The fourth-order valence-electron chi connectivity index (χ4n) is 4.04. The Morgan fingerprint density at radius 3 is 2.38 bits per heavy atom. The van der Waals surface area contributed by atoms with E-state index in [1.54, 1.807) is 25.3 Å². The number of amides is 1. The van der Waals surface area contributed by atoms with E-state index >= 15 is 0 Å². The van der Waals surface area contributed by atoms with Crippen LogP contribution in [0.2, 0.25) is 0 Å². The van der Waals surface area contributed by atoms with E-state index in [1.807, 2.05) is 30.3 Å². The van der Waals surface area contributed by atoms with Gasteiger partial charge in [0.05, 0.1) is 24.8 Å². The second kappa shape index (κ2) is 10.9. The van der Waals surface area contributed by atoms with Gasteiger partial charge >= 0.3 is 0 Å². The van der Waals surface area contributed by atoms with E-state index in [9.17, 15) is 14.7 Å². The number of nitrogens with zero attached hydrogens (tertiary/aromatic N) is 1. The van der Waals surface area contributed by atoms with Crippen molar-refractivity contribution >= 4 is 17.4 Å². The van der Waals surface area contributed by atoms with Gasteiger partial charge < -0.3 is 19.5 Å². The molecular weight excluding hydrogens is 430 g/mol. The monoisotopic (exact) mass is 465 g/mol. The molecular formula is C28H35NO5. The third-order valence-electron chi connectivity index (χ3n) is 6.04. The average molecular weight is 466 g/mol. The van der Waals surface area contributed by atoms with Crippen LogP contribution in [0.4, 0.5) is 0 Å². The lowest BCUT2D eigenvalue weighted by molar-refractivity contribution is -0.140. The van der Waals surface area contributed by atoms with Crippen molar-refractivity contribution in [3.05, 3.63) is 70.8 Å². The smallest absolute Gasteiger partial charge is 0.295 e. The van der Waals surface area contributed by atoms with Crippen LogP contribution in [0, 0.1) is 0 Å². The number of carbonyl (C=O) groups is 2. The second-order valence-corrected chi connectivity index (χ2v) is 9.59. The fourth-order valence-corrected chi connectivity index (χ4v) is 4.04. The number of unbranched alkanes of at least 4 members (excludes halogenated alkanes) is 1. The first kappa shape index (κ1) is 25.5. The summed E-state index contributed by atoms with van der Waals surface area (Å²) in [6.45, 7) is 9.56. The van der Waals surface area contributed by atoms with Gasteiger partial charge in [0.25, 0.3) is 11.7 Å². The minimum absolute atomic E-state index is 0.0331. The lowest BCUT2D eigenvalue weighted by atomic mass is 9.85. The molecule has 1 heterocycles. The van der Waals surface area contributed by atoms with E-state index in [1.165, 1.54) is 4.90 Å². The van der Waals surface area contributed by atoms with E-state index in [4.69, 9.17) is 9.47 Å². The summed E-state index contributed by atoms with van der Waals surface area (Å²) in [7, 11) is 1.55. The number of aliphatic hydroxyl groups excluding tert-OH is 1. The van der Waals surface area contributed by atoms with E-state index in [-0.39, 0.29) is 29.9 Å². The Hall–Kier alpha value is -3.12. The van der Waals surface area contributed by atoms with Gasteiger partial charge in [-0.1, -0.05) is 70.5 Å². The number of Topliss-reactive ketones (excluding diaryl/α,β-unsaturated/α-hetero) is 1. The van der Waals surface area contributed by atoms with E-state index in [0.717, 1.165) is 24.0 Å². The summed E-state index contributed by atoms with van der Waals surface area (Å²) < 4.78 is 10.9. The Morgan fingerprint density at radius 2 is 1.76 bits per heavy atom. The molecule has 1 aliphatic heterocycles. The summed E-state index contributed by atoms with van der Waals surface area (Å²) in [4.78, 5) is 27.6. The number of aliphatic hydroxyl groups is 1. The highest BCUT2D eigenvalue weighted by atomic mass is 16.5. The highest BCUT2D eigenvalue weighted by Crippen LogP contribution is 2.40. The number of likely N-dealkylation sites (tertiary alicyclic amines) is 1. The van der Waals surface area contributed by atoms with Gasteiger partial charge in [-0.2, -0.15) is 0 Å². The molecule has 1 fully saturated rings. The van der Waals surface area contributed by atoms with Gasteiger partial charge in [-0.3, -0.25) is 9.59 Å². The standard InChI is InChI=1S/C28H35NO5/c1-6-7-16-34-22-10-8-9-20(18-22)25(30)23-24(29(15-17-33-5)27(32)26(23)31)19-11-13-21(14-12-19)28(2,3)4/h8-14,18,24,30H,6-7,15-17H2,1-5H3/b25-23+. The van der Waals surface area contributed by atoms with Crippen molar-refractivity contribution in [1.82, 2.24) is 4.90 Å². The van der Waals surface area contributed by atoms with Gasteiger partial charge in [-0.05, 0) is 35.1 Å². The molecule has 0 saturated carbocycles. The number of benzene rings is 2. The summed E-state index contributed by atoms with van der Waals surface area (Å²) in [5.74, 6) is -0.934. The second-order valence-electron chi connectivity index (χ2n) is 9.59. The molecule has 1 atom stereocenters. The first-order valence-corrected chi connectivity index (χ1v) is 11.8. The number of carbonyl (C=O) groups excluding carboxylic acids is 2. The number of ether oxygens (including phenoxy) is 2. The van der Waals surface area contributed by atoms with Crippen molar-refractivity contribution in [3.8, 4) is 5.75 Å². The van der Waals surface area contributed by atoms with Crippen molar-refractivity contribution in [3.63, 3.8) is 0 Å². The highest BCUT2D eigenvalue weighted by Gasteiger charge is 2.45. The predicted molar refractivity (Wildman–Crippen MR) is 133 cm³/mol. The van der Waals surface area contributed by atoms with Crippen molar-refractivity contribution < 1.29 is 24.2 Å². The fraction of sp³-hybridized carbons (Fsp3) is 0.429. The first-order valence-electron chi connectivity index (χ1n) is 11.8. The van der Waals surface area contributed by atoms with Crippen molar-refractivity contribution in [1.29, 1.82) is 0 Å². The molecule has 1 unspecified atom stereocenters. The Balaban J connectivity index is 2.07. The normalized spacial score (nSPS) is 17.9. The SMILES string of the molecule is CCCCOc1cccc(/C(O)=C2\C(=O)C(=O)N(CCOC)C2c2ccc(C(C)(C)C)cc2)c1. The Kier molecular flexibility index (Phi) is 8.15. The molecule has 1 saturated heterocycles. The molecule has 34 heavy (non-hydrogen) atoms. The minimum atomic E-state index is -0.700. The Bertz CT molecular complexity index is 1050. The predicted octanol–water partition coefficient (Wildman–Crippen LogP) is 5.23. The van der Waals surface area contributed by atoms with Crippen LogP contribution >= 0.6 is 0 Å². The van der Waals surface area contributed by atoms with E-state index in [0.29, 0.717) is 17.9 Å². The topological polar surface area (TPSA) is 76.1 Å². The maximum absolute atomic E-state index is 13.1. The van der Waals surface area contributed by atoms with Crippen LogP contribution in [-0.2, 0) is 19.7 Å². The van der Waals surface area contributed by atoms with Gasteiger partial charge in [-0.25, -0.2) is 0 Å². The summed E-state index contributed by atoms with van der Waals surface area (Å²) in [6, 6.07) is 14.2. The van der Waals surface area contributed by atoms with Crippen LogP contribution in [0.15, 0.2) is 54.1 Å². The molecule has 1 N–H and O–H groups in total. The molecule has 6 nitrogen and oxygen atoms in total. The van der Waals surface area contributed by atoms with E-state index in [2.05, 4.69) is 27.7 Å². The van der Waals surface area contributed by atoms with Crippen LogP contribution < -0.4 is 4.74 Å². The molecule has 2 aromatic rings. The number of ketones is 1. The summed E-state index contributed by atoms with van der Waals surface area (Å²) >= 11 is 0. The molecule has 1 amide bonds. The average Bonchev–Trinajstić information content (AvgIpc) is 3.07.